The molecule has 7 heteroatoms. The summed E-state index contributed by atoms with van der Waals surface area (Å²) >= 11 is 0. The van der Waals surface area contributed by atoms with Crippen LogP contribution in [0.5, 0.6) is 11.5 Å². The van der Waals surface area contributed by atoms with Crippen molar-refractivity contribution in [1.29, 1.82) is 0 Å². The number of Topliss-reactive ketones (excluding diaryl/α,β-unsaturated/α-hetero) is 1. The van der Waals surface area contributed by atoms with Crippen LogP contribution in [0.3, 0.4) is 0 Å². The van der Waals surface area contributed by atoms with E-state index in [2.05, 4.69) is 0 Å². The van der Waals surface area contributed by atoms with E-state index in [0.29, 0.717) is 48.8 Å². The third-order valence-corrected chi connectivity index (χ3v) is 6.57. The smallest absolute Gasteiger partial charge is 0.295 e. The molecule has 3 aromatic carbocycles. The number of likely N-dealkylation sites (tertiary alicyclic amines) is 1. The first kappa shape index (κ1) is 27.9. The van der Waals surface area contributed by atoms with Crippen LogP contribution in [-0.2, 0) is 16.2 Å². The molecular formula is C32H36N2O5. The number of ketones is 1. The van der Waals surface area contributed by atoms with Crippen LogP contribution in [0.1, 0.15) is 42.5 Å². The number of hydrogen-bond acceptors (Lipinski definition) is 6. The van der Waals surface area contributed by atoms with Gasteiger partial charge in [0.1, 0.15) is 23.9 Å². The van der Waals surface area contributed by atoms with Crippen molar-refractivity contribution in [2.45, 2.75) is 32.4 Å². The molecule has 1 saturated heterocycles. The highest BCUT2D eigenvalue weighted by atomic mass is 16.5. The zero-order valence-corrected chi connectivity index (χ0v) is 22.8. The van der Waals surface area contributed by atoms with Gasteiger partial charge in [-0.2, -0.15) is 0 Å². The van der Waals surface area contributed by atoms with E-state index in [9.17, 15) is 14.7 Å². The van der Waals surface area contributed by atoms with Crippen molar-refractivity contribution in [2.75, 3.05) is 33.8 Å². The van der Waals surface area contributed by atoms with Crippen LogP contribution in [-0.4, -0.2) is 60.4 Å². The maximum Gasteiger partial charge on any atom is 0.295 e. The predicted octanol–water partition coefficient (Wildman–Crippen LogP) is 5.43. The lowest BCUT2D eigenvalue weighted by Gasteiger charge is -2.26. The summed E-state index contributed by atoms with van der Waals surface area (Å²) in [5, 5.41) is 11.4. The van der Waals surface area contributed by atoms with Crippen LogP contribution in [0.2, 0.25) is 0 Å². The molecular weight excluding hydrogens is 492 g/mol. The summed E-state index contributed by atoms with van der Waals surface area (Å²) in [6, 6.07) is 23.4. The molecule has 0 bridgehead atoms. The molecule has 1 N–H and O–H groups in total. The van der Waals surface area contributed by atoms with Crippen molar-refractivity contribution < 1.29 is 24.2 Å². The molecule has 0 aromatic heterocycles. The van der Waals surface area contributed by atoms with Crippen LogP contribution in [0.25, 0.3) is 5.76 Å². The summed E-state index contributed by atoms with van der Waals surface area (Å²) in [5.41, 5.74) is 2.26. The van der Waals surface area contributed by atoms with Crippen LogP contribution in [0, 0.1) is 0 Å². The van der Waals surface area contributed by atoms with Crippen LogP contribution >= 0.6 is 0 Å². The number of amides is 1. The molecule has 0 radical (unpaired) electrons. The largest absolute Gasteiger partial charge is 0.507 e. The zero-order chi connectivity index (χ0) is 27.8. The second-order valence-electron chi connectivity index (χ2n) is 9.87. The van der Waals surface area contributed by atoms with Gasteiger partial charge in [0.05, 0.1) is 18.2 Å². The van der Waals surface area contributed by atoms with Gasteiger partial charge in [-0.15, -0.1) is 0 Å². The van der Waals surface area contributed by atoms with Gasteiger partial charge in [0, 0.05) is 12.1 Å². The number of carbonyl (C=O) groups excluding carboxylic acids is 2. The second kappa shape index (κ2) is 13.1. The number of aliphatic hydroxyl groups is 1. The monoisotopic (exact) mass is 528 g/mol. The third kappa shape index (κ3) is 6.86. The lowest BCUT2D eigenvalue weighted by atomic mass is 9.95. The van der Waals surface area contributed by atoms with Gasteiger partial charge in [0.15, 0.2) is 0 Å². The molecule has 1 heterocycles. The van der Waals surface area contributed by atoms with E-state index in [1.807, 2.05) is 80.5 Å². The van der Waals surface area contributed by atoms with E-state index >= 15 is 0 Å². The lowest BCUT2D eigenvalue weighted by molar-refractivity contribution is -0.139. The van der Waals surface area contributed by atoms with Gasteiger partial charge in [-0.3, -0.25) is 9.59 Å². The molecule has 0 spiro atoms. The number of hydrogen-bond donors (Lipinski definition) is 1. The molecule has 1 fully saturated rings. The van der Waals surface area contributed by atoms with Crippen molar-refractivity contribution in [3.05, 3.63) is 101 Å². The molecule has 1 atom stereocenters. The Bertz CT molecular complexity index is 1300. The zero-order valence-electron chi connectivity index (χ0n) is 22.8. The first-order valence-corrected chi connectivity index (χ1v) is 13.3. The summed E-state index contributed by atoms with van der Waals surface area (Å²) in [7, 11) is 3.93. The standard InChI is InChI=1S/C32H36N2O5/c1-4-20-38-26-16-14-24(15-17-26)30(35)28-29(34(32(37)31(28)36)19-9-18-33(2)3)25-12-8-13-27(21-25)39-22-23-10-6-5-7-11-23/h5-8,10-17,21,29,35H,4,9,18-20,22H2,1-3H3. The van der Waals surface area contributed by atoms with Gasteiger partial charge in [-0.1, -0.05) is 49.4 Å². The molecule has 7 nitrogen and oxygen atoms in total. The minimum Gasteiger partial charge on any atom is -0.507 e. The number of carbonyl (C=O) groups is 2. The molecule has 1 unspecified atom stereocenters. The molecule has 0 aliphatic carbocycles. The van der Waals surface area contributed by atoms with Crippen LogP contribution < -0.4 is 9.47 Å². The van der Waals surface area contributed by atoms with Crippen molar-refractivity contribution in [2.24, 2.45) is 0 Å². The summed E-state index contributed by atoms with van der Waals surface area (Å²) < 4.78 is 11.7. The molecule has 3 aromatic rings. The Labute approximate surface area is 230 Å². The van der Waals surface area contributed by atoms with E-state index in [1.54, 1.807) is 29.2 Å². The first-order valence-electron chi connectivity index (χ1n) is 13.3. The molecule has 1 aliphatic heterocycles. The van der Waals surface area contributed by atoms with Gasteiger partial charge in [-0.05, 0) is 81.0 Å². The Kier molecular flexibility index (Phi) is 9.39. The summed E-state index contributed by atoms with van der Waals surface area (Å²) in [4.78, 5) is 30.2. The number of nitrogens with zero attached hydrogens (tertiary/aromatic N) is 2. The normalized spacial score (nSPS) is 16.6. The SMILES string of the molecule is CCCOc1ccc(C(O)=C2C(=O)C(=O)N(CCCN(C)C)C2c2cccc(OCc3ccccc3)c2)cc1. The van der Waals surface area contributed by atoms with Crippen molar-refractivity contribution in [3.63, 3.8) is 0 Å². The van der Waals surface area contributed by atoms with Crippen molar-refractivity contribution in [3.8, 4) is 11.5 Å². The van der Waals surface area contributed by atoms with E-state index in [1.165, 1.54) is 0 Å². The predicted molar refractivity (Wildman–Crippen MR) is 152 cm³/mol. The number of benzene rings is 3. The van der Waals surface area contributed by atoms with Gasteiger partial charge in [0.25, 0.3) is 11.7 Å². The van der Waals surface area contributed by atoms with Crippen LogP contribution in [0.15, 0.2) is 84.4 Å². The van der Waals surface area contributed by atoms with Crippen molar-refractivity contribution >= 4 is 17.4 Å². The third-order valence-electron chi connectivity index (χ3n) is 6.57. The van der Waals surface area contributed by atoms with Gasteiger partial charge in [0.2, 0.25) is 0 Å². The first-order chi connectivity index (χ1) is 18.9. The summed E-state index contributed by atoms with van der Waals surface area (Å²) in [5.74, 6) is -0.209. The van der Waals surface area contributed by atoms with Gasteiger partial charge < -0.3 is 24.4 Å². The van der Waals surface area contributed by atoms with E-state index in [0.717, 1.165) is 18.5 Å². The van der Waals surface area contributed by atoms with Crippen molar-refractivity contribution in [1.82, 2.24) is 9.80 Å². The minimum atomic E-state index is -0.733. The molecule has 204 valence electrons. The lowest BCUT2D eigenvalue weighted by Crippen LogP contribution is -2.32. The molecule has 39 heavy (non-hydrogen) atoms. The maximum atomic E-state index is 13.3. The molecule has 1 amide bonds. The highest BCUT2D eigenvalue weighted by Crippen LogP contribution is 2.40. The van der Waals surface area contributed by atoms with Gasteiger partial charge in [-0.25, -0.2) is 0 Å². The quantitative estimate of drug-likeness (QED) is 0.192. The number of aliphatic hydroxyl groups excluding tert-OH is 1. The fraction of sp³-hybridized carbons (Fsp3) is 0.312. The Hall–Kier alpha value is -4.10. The number of rotatable bonds is 12. The Morgan fingerprint density at radius 1 is 0.923 bits per heavy atom. The second-order valence-corrected chi connectivity index (χ2v) is 9.87. The molecule has 0 saturated carbocycles. The average Bonchev–Trinajstić information content (AvgIpc) is 3.20. The number of ether oxygens (including phenoxy) is 2. The highest BCUT2D eigenvalue weighted by Gasteiger charge is 2.45. The fourth-order valence-electron chi connectivity index (χ4n) is 4.61. The Morgan fingerprint density at radius 2 is 1.67 bits per heavy atom. The summed E-state index contributed by atoms with van der Waals surface area (Å²) in [6.07, 6.45) is 1.57. The van der Waals surface area contributed by atoms with Gasteiger partial charge >= 0.3 is 0 Å². The fourth-order valence-corrected chi connectivity index (χ4v) is 4.61. The van der Waals surface area contributed by atoms with E-state index in [4.69, 9.17) is 9.47 Å². The minimum absolute atomic E-state index is 0.0762. The molecule has 4 rings (SSSR count). The highest BCUT2D eigenvalue weighted by molar-refractivity contribution is 6.46. The molecule has 1 aliphatic rings. The Balaban J connectivity index is 1.69. The summed E-state index contributed by atoms with van der Waals surface area (Å²) in [6.45, 7) is 4.14. The topological polar surface area (TPSA) is 79.3 Å². The Morgan fingerprint density at radius 3 is 2.36 bits per heavy atom. The van der Waals surface area contributed by atoms with E-state index in [-0.39, 0.29) is 11.3 Å². The maximum absolute atomic E-state index is 13.3. The van der Waals surface area contributed by atoms with E-state index < -0.39 is 17.7 Å². The van der Waals surface area contributed by atoms with Crippen LogP contribution in [0.4, 0.5) is 0 Å². The average molecular weight is 529 g/mol.